The monoisotopic (exact) mass is 309 g/mol. The molecule has 0 spiro atoms. The SMILES string of the molecule is Cc1cc(NCc2cc(Br)ccc2F)ccc1O. The molecule has 0 atom stereocenters. The largest absolute Gasteiger partial charge is 0.508 e. The molecule has 0 aromatic heterocycles. The molecule has 0 saturated heterocycles. The van der Waals surface area contributed by atoms with E-state index in [1.54, 1.807) is 24.3 Å². The lowest BCUT2D eigenvalue weighted by molar-refractivity contribution is 0.471. The summed E-state index contributed by atoms with van der Waals surface area (Å²) >= 11 is 3.32. The number of hydrogen-bond donors (Lipinski definition) is 2. The number of halogens is 2. The number of aromatic hydroxyl groups is 1. The van der Waals surface area contributed by atoms with Gasteiger partial charge in [0.15, 0.2) is 0 Å². The summed E-state index contributed by atoms with van der Waals surface area (Å²) in [5.74, 6) is 0.0235. The Morgan fingerprint density at radius 2 is 2.00 bits per heavy atom. The predicted molar refractivity (Wildman–Crippen MR) is 74.3 cm³/mol. The molecule has 0 fully saturated rings. The van der Waals surface area contributed by atoms with E-state index in [0.29, 0.717) is 12.1 Å². The van der Waals surface area contributed by atoms with E-state index in [9.17, 15) is 9.50 Å². The fourth-order valence-corrected chi connectivity index (χ4v) is 2.05. The van der Waals surface area contributed by atoms with Gasteiger partial charge in [0.05, 0.1) is 0 Å². The van der Waals surface area contributed by atoms with Gasteiger partial charge in [-0.05, 0) is 48.9 Å². The van der Waals surface area contributed by atoms with E-state index in [4.69, 9.17) is 0 Å². The molecule has 0 radical (unpaired) electrons. The quantitative estimate of drug-likeness (QED) is 0.832. The first kappa shape index (κ1) is 12.9. The average Bonchev–Trinajstić information content (AvgIpc) is 2.34. The van der Waals surface area contributed by atoms with Crippen molar-refractivity contribution in [3.05, 3.63) is 57.8 Å². The summed E-state index contributed by atoms with van der Waals surface area (Å²) in [7, 11) is 0. The van der Waals surface area contributed by atoms with Gasteiger partial charge in [0.2, 0.25) is 0 Å². The Labute approximate surface area is 114 Å². The highest BCUT2D eigenvalue weighted by molar-refractivity contribution is 9.10. The van der Waals surface area contributed by atoms with Crippen molar-refractivity contribution < 1.29 is 9.50 Å². The third kappa shape index (κ3) is 3.01. The van der Waals surface area contributed by atoms with E-state index in [2.05, 4.69) is 21.2 Å². The van der Waals surface area contributed by atoms with Crippen LogP contribution >= 0.6 is 15.9 Å². The Morgan fingerprint density at radius 3 is 2.72 bits per heavy atom. The third-order valence-electron chi connectivity index (χ3n) is 2.69. The molecule has 2 aromatic carbocycles. The zero-order valence-electron chi connectivity index (χ0n) is 9.87. The number of rotatable bonds is 3. The Bertz CT molecular complexity index is 572. The maximum Gasteiger partial charge on any atom is 0.128 e. The summed E-state index contributed by atoms with van der Waals surface area (Å²) in [6, 6.07) is 10.1. The lowest BCUT2D eigenvalue weighted by Gasteiger charge is -2.09. The molecule has 2 rings (SSSR count). The van der Waals surface area contributed by atoms with Gasteiger partial charge < -0.3 is 10.4 Å². The molecule has 0 unspecified atom stereocenters. The number of phenols is 1. The van der Waals surface area contributed by atoms with E-state index in [0.717, 1.165) is 15.7 Å². The van der Waals surface area contributed by atoms with Crippen molar-refractivity contribution in [2.24, 2.45) is 0 Å². The molecule has 0 amide bonds. The molecular weight excluding hydrogens is 297 g/mol. The van der Waals surface area contributed by atoms with Crippen LogP contribution in [0.4, 0.5) is 10.1 Å². The van der Waals surface area contributed by atoms with Gasteiger partial charge in [-0.2, -0.15) is 0 Å². The standard InChI is InChI=1S/C14H13BrFNO/c1-9-6-12(3-5-14(9)18)17-8-10-7-11(15)2-4-13(10)16/h2-7,17-18H,8H2,1H3. The van der Waals surface area contributed by atoms with Crippen LogP contribution in [-0.2, 0) is 6.54 Å². The summed E-state index contributed by atoms with van der Waals surface area (Å²) in [6.45, 7) is 2.22. The smallest absolute Gasteiger partial charge is 0.128 e. The minimum absolute atomic E-state index is 0.235. The topological polar surface area (TPSA) is 32.3 Å². The zero-order chi connectivity index (χ0) is 13.1. The van der Waals surface area contributed by atoms with E-state index in [1.807, 2.05) is 13.0 Å². The maximum absolute atomic E-state index is 13.5. The minimum Gasteiger partial charge on any atom is -0.508 e. The first-order valence-electron chi connectivity index (χ1n) is 5.53. The Balaban J connectivity index is 2.11. The van der Waals surface area contributed by atoms with Gasteiger partial charge in [0, 0.05) is 22.3 Å². The van der Waals surface area contributed by atoms with Gasteiger partial charge in [0.25, 0.3) is 0 Å². The second-order valence-corrected chi connectivity index (χ2v) is 5.01. The summed E-state index contributed by atoms with van der Waals surface area (Å²) in [5.41, 5.74) is 2.23. The number of phenolic OH excluding ortho intramolecular Hbond substituents is 1. The highest BCUT2D eigenvalue weighted by Crippen LogP contribution is 2.21. The molecule has 0 aliphatic rings. The maximum atomic E-state index is 13.5. The second kappa shape index (κ2) is 5.40. The number of anilines is 1. The van der Waals surface area contributed by atoms with Gasteiger partial charge in [-0.1, -0.05) is 15.9 Å². The molecule has 0 aliphatic heterocycles. The second-order valence-electron chi connectivity index (χ2n) is 4.09. The Kier molecular flexibility index (Phi) is 3.87. The van der Waals surface area contributed by atoms with Crippen LogP contribution < -0.4 is 5.32 Å². The summed E-state index contributed by atoms with van der Waals surface area (Å²) in [4.78, 5) is 0. The summed E-state index contributed by atoms with van der Waals surface area (Å²) in [5, 5.41) is 12.5. The molecule has 4 heteroatoms. The summed E-state index contributed by atoms with van der Waals surface area (Å²) < 4.78 is 14.4. The van der Waals surface area contributed by atoms with Gasteiger partial charge in [-0.3, -0.25) is 0 Å². The molecule has 2 nitrogen and oxygen atoms in total. The van der Waals surface area contributed by atoms with Crippen LogP contribution in [0.3, 0.4) is 0 Å². The van der Waals surface area contributed by atoms with Crippen LogP contribution in [0.25, 0.3) is 0 Å². The van der Waals surface area contributed by atoms with Crippen molar-refractivity contribution in [2.75, 3.05) is 5.32 Å². The molecule has 2 N–H and O–H groups in total. The van der Waals surface area contributed by atoms with E-state index < -0.39 is 0 Å². The van der Waals surface area contributed by atoms with Gasteiger partial charge in [0.1, 0.15) is 11.6 Å². The van der Waals surface area contributed by atoms with Crippen LogP contribution in [0.2, 0.25) is 0 Å². The molecule has 94 valence electrons. The summed E-state index contributed by atoms with van der Waals surface area (Å²) in [6.07, 6.45) is 0. The highest BCUT2D eigenvalue weighted by Gasteiger charge is 2.03. The molecule has 0 bridgehead atoms. The molecule has 2 aromatic rings. The molecule has 0 heterocycles. The van der Waals surface area contributed by atoms with Crippen molar-refractivity contribution in [2.45, 2.75) is 13.5 Å². The fraction of sp³-hybridized carbons (Fsp3) is 0.143. The normalized spacial score (nSPS) is 10.4. The molecule has 0 aliphatic carbocycles. The molecular formula is C14H13BrFNO. The van der Waals surface area contributed by atoms with Crippen LogP contribution in [0.1, 0.15) is 11.1 Å². The van der Waals surface area contributed by atoms with Gasteiger partial charge in [-0.15, -0.1) is 0 Å². The van der Waals surface area contributed by atoms with Crippen molar-refractivity contribution in [1.82, 2.24) is 0 Å². The zero-order valence-corrected chi connectivity index (χ0v) is 11.5. The lowest BCUT2D eigenvalue weighted by atomic mass is 10.2. The van der Waals surface area contributed by atoms with Crippen molar-refractivity contribution in [3.63, 3.8) is 0 Å². The number of nitrogens with one attached hydrogen (secondary N) is 1. The first-order chi connectivity index (χ1) is 8.56. The third-order valence-corrected chi connectivity index (χ3v) is 3.18. The van der Waals surface area contributed by atoms with Crippen LogP contribution in [0.5, 0.6) is 5.75 Å². The predicted octanol–water partition coefficient (Wildman–Crippen LogP) is 4.21. The van der Waals surface area contributed by atoms with E-state index in [-0.39, 0.29) is 11.6 Å². The average molecular weight is 310 g/mol. The molecule has 0 saturated carbocycles. The minimum atomic E-state index is -0.235. The number of hydrogen-bond acceptors (Lipinski definition) is 2. The van der Waals surface area contributed by atoms with E-state index >= 15 is 0 Å². The van der Waals surface area contributed by atoms with Crippen LogP contribution in [0, 0.1) is 12.7 Å². The first-order valence-corrected chi connectivity index (χ1v) is 6.33. The van der Waals surface area contributed by atoms with E-state index in [1.165, 1.54) is 6.07 Å². The van der Waals surface area contributed by atoms with Crippen LogP contribution in [-0.4, -0.2) is 5.11 Å². The number of benzene rings is 2. The highest BCUT2D eigenvalue weighted by atomic mass is 79.9. The van der Waals surface area contributed by atoms with Crippen molar-refractivity contribution in [3.8, 4) is 5.75 Å². The van der Waals surface area contributed by atoms with Gasteiger partial charge >= 0.3 is 0 Å². The van der Waals surface area contributed by atoms with Gasteiger partial charge in [-0.25, -0.2) is 4.39 Å². The fourth-order valence-electron chi connectivity index (χ4n) is 1.64. The Hall–Kier alpha value is -1.55. The van der Waals surface area contributed by atoms with Crippen LogP contribution in [0.15, 0.2) is 40.9 Å². The van der Waals surface area contributed by atoms with Crippen molar-refractivity contribution >= 4 is 21.6 Å². The van der Waals surface area contributed by atoms with Crippen molar-refractivity contribution in [1.29, 1.82) is 0 Å². The lowest BCUT2D eigenvalue weighted by Crippen LogP contribution is -2.02. The molecule has 18 heavy (non-hydrogen) atoms. The Morgan fingerprint density at radius 1 is 1.22 bits per heavy atom. The number of aryl methyl sites for hydroxylation is 1.